The van der Waals surface area contributed by atoms with Gasteiger partial charge >= 0.3 is 0 Å². The summed E-state index contributed by atoms with van der Waals surface area (Å²) in [4.78, 5) is 13.1. The van der Waals surface area contributed by atoms with Gasteiger partial charge in [0, 0.05) is 18.7 Å². The molecular weight excluding hydrogens is 384 g/mol. The van der Waals surface area contributed by atoms with Crippen molar-refractivity contribution in [3.63, 3.8) is 0 Å². The van der Waals surface area contributed by atoms with Gasteiger partial charge in [-0.25, -0.2) is 8.42 Å². The number of aryl methyl sites for hydroxylation is 1. The van der Waals surface area contributed by atoms with Crippen LogP contribution in [0, 0.1) is 5.92 Å². The van der Waals surface area contributed by atoms with Crippen LogP contribution in [0.4, 0.5) is 0 Å². The van der Waals surface area contributed by atoms with E-state index in [1.807, 2.05) is 0 Å². The van der Waals surface area contributed by atoms with E-state index in [9.17, 15) is 13.2 Å². The van der Waals surface area contributed by atoms with Gasteiger partial charge in [0.1, 0.15) is 0 Å². The van der Waals surface area contributed by atoms with Gasteiger partial charge in [-0.1, -0.05) is 51.1 Å². The Hall–Kier alpha value is -2.18. The predicted molar refractivity (Wildman–Crippen MR) is 115 cm³/mol. The smallest absolute Gasteiger partial charge is 0.251 e. The van der Waals surface area contributed by atoms with Gasteiger partial charge in [-0.15, -0.1) is 0 Å². The molecule has 0 bridgehead atoms. The molecule has 1 fully saturated rings. The van der Waals surface area contributed by atoms with Crippen LogP contribution in [0.3, 0.4) is 0 Å². The SMILES string of the molecule is CCc1ccc([C@@H](NC(=O)c2cccc(S(=O)(=O)N3CCCC3)c2)C(C)C)cc1. The summed E-state index contributed by atoms with van der Waals surface area (Å²) in [6, 6.07) is 14.5. The number of nitrogens with zero attached hydrogens (tertiary/aromatic N) is 1. The lowest BCUT2D eigenvalue weighted by Gasteiger charge is -2.23. The maximum atomic E-state index is 12.9. The first-order valence-electron chi connectivity index (χ1n) is 10.3. The van der Waals surface area contributed by atoms with Crippen molar-refractivity contribution in [3.05, 3.63) is 65.2 Å². The van der Waals surface area contributed by atoms with Crippen LogP contribution in [0.2, 0.25) is 0 Å². The highest BCUT2D eigenvalue weighted by Crippen LogP contribution is 2.24. The number of carbonyl (C=O) groups excluding carboxylic acids is 1. The molecule has 6 heteroatoms. The standard InChI is InChI=1S/C23H30N2O3S/c1-4-18-10-12-19(13-11-18)22(17(2)3)24-23(26)20-8-7-9-21(16-20)29(27,28)25-14-5-6-15-25/h7-13,16-17,22H,4-6,14-15H2,1-3H3,(H,24,26)/t22-/m0/s1. The molecule has 2 aromatic rings. The molecule has 2 aromatic carbocycles. The number of benzene rings is 2. The molecule has 1 aliphatic heterocycles. The fraction of sp³-hybridized carbons (Fsp3) is 0.435. The van der Waals surface area contributed by atoms with Crippen molar-refractivity contribution in [2.45, 2.75) is 51.0 Å². The van der Waals surface area contributed by atoms with Crippen molar-refractivity contribution in [2.24, 2.45) is 5.92 Å². The number of carbonyl (C=O) groups is 1. The Bertz CT molecular complexity index is 946. The second-order valence-electron chi connectivity index (χ2n) is 7.93. The van der Waals surface area contributed by atoms with Gasteiger partial charge in [-0.05, 0) is 54.5 Å². The van der Waals surface area contributed by atoms with E-state index >= 15 is 0 Å². The zero-order chi connectivity index (χ0) is 21.0. The molecule has 29 heavy (non-hydrogen) atoms. The Morgan fingerprint density at radius 3 is 2.31 bits per heavy atom. The molecule has 1 aliphatic rings. The first-order chi connectivity index (χ1) is 13.8. The van der Waals surface area contributed by atoms with Gasteiger partial charge in [0.05, 0.1) is 10.9 Å². The summed E-state index contributed by atoms with van der Waals surface area (Å²) in [6.07, 6.45) is 2.73. The van der Waals surface area contributed by atoms with Gasteiger partial charge in [0.25, 0.3) is 5.91 Å². The number of sulfonamides is 1. The third kappa shape index (κ3) is 4.87. The molecule has 1 N–H and O–H groups in total. The van der Waals surface area contributed by atoms with Gasteiger partial charge in [-0.3, -0.25) is 4.79 Å². The lowest BCUT2D eigenvalue weighted by Crippen LogP contribution is -2.32. The minimum atomic E-state index is -3.55. The van der Waals surface area contributed by atoms with Gasteiger partial charge in [0.15, 0.2) is 0 Å². The highest BCUT2D eigenvalue weighted by Gasteiger charge is 2.28. The molecule has 3 rings (SSSR count). The number of rotatable bonds is 7. The van der Waals surface area contributed by atoms with E-state index in [0.29, 0.717) is 18.7 Å². The summed E-state index contributed by atoms with van der Waals surface area (Å²) in [6.45, 7) is 7.32. The monoisotopic (exact) mass is 414 g/mol. The van der Waals surface area contributed by atoms with E-state index in [2.05, 4.69) is 50.4 Å². The summed E-state index contributed by atoms with van der Waals surface area (Å²) >= 11 is 0. The van der Waals surface area contributed by atoms with Crippen LogP contribution in [-0.2, 0) is 16.4 Å². The Morgan fingerprint density at radius 1 is 1.07 bits per heavy atom. The quantitative estimate of drug-likeness (QED) is 0.740. The number of hydrogen-bond acceptors (Lipinski definition) is 3. The Morgan fingerprint density at radius 2 is 1.72 bits per heavy atom. The van der Waals surface area contributed by atoms with E-state index in [1.54, 1.807) is 18.2 Å². The highest BCUT2D eigenvalue weighted by molar-refractivity contribution is 7.89. The van der Waals surface area contributed by atoms with Crippen LogP contribution in [0.1, 0.15) is 61.1 Å². The van der Waals surface area contributed by atoms with Crippen LogP contribution in [0.25, 0.3) is 0 Å². The van der Waals surface area contributed by atoms with E-state index < -0.39 is 10.0 Å². The van der Waals surface area contributed by atoms with E-state index in [1.165, 1.54) is 15.9 Å². The molecule has 0 saturated carbocycles. The third-order valence-electron chi connectivity index (χ3n) is 5.50. The molecule has 156 valence electrons. The van der Waals surface area contributed by atoms with Crippen molar-refractivity contribution in [2.75, 3.05) is 13.1 Å². The number of hydrogen-bond donors (Lipinski definition) is 1. The van der Waals surface area contributed by atoms with E-state index in [0.717, 1.165) is 24.8 Å². The normalized spacial score (nSPS) is 16.1. The third-order valence-corrected chi connectivity index (χ3v) is 7.39. The second-order valence-corrected chi connectivity index (χ2v) is 9.87. The fourth-order valence-corrected chi connectivity index (χ4v) is 5.26. The van der Waals surface area contributed by atoms with Crippen LogP contribution in [0.5, 0.6) is 0 Å². The molecule has 0 spiro atoms. The van der Waals surface area contributed by atoms with Crippen molar-refractivity contribution in [1.82, 2.24) is 9.62 Å². The average Bonchev–Trinajstić information content (AvgIpc) is 3.27. The molecule has 1 amide bonds. The zero-order valence-corrected chi connectivity index (χ0v) is 18.2. The first-order valence-corrected chi connectivity index (χ1v) is 11.8. The van der Waals surface area contributed by atoms with Crippen LogP contribution >= 0.6 is 0 Å². The summed E-state index contributed by atoms with van der Waals surface area (Å²) in [5.74, 6) is -0.0651. The molecule has 1 atom stereocenters. The molecule has 0 unspecified atom stereocenters. The van der Waals surface area contributed by atoms with Crippen LogP contribution < -0.4 is 5.32 Å². The lowest BCUT2D eigenvalue weighted by molar-refractivity contribution is 0.0925. The number of amides is 1. The van der Waals surface area contributed by atoms with Crippen LogP contribution in [-0.4, -0.2) is 31.7 Å². The Kier molecular flexibility index (Phi) is 6.75. The topological polar surface area (TPSA) is 66.5 Å². The molecular formula is C23H30N2O3S. The van der Waals surface area contributed by atoms with E-state index in [-0.39, 0.29) is 22.8 Å². The highest BCUT2D eigenvalue weighted by atomic mass is 32.2. The summed E-state index contributed by atoms with van der Waals surface area (Å²) in [5, 5.41) is 3.09. The summed E-state index contributed by atoms with van der Waals surface area (Å²) in [7, 11) is -3.55. The fourth-order valence-electron chi connectivity index (χ4n) is 3.70. The van der Waals surface area contributed by atoms with Crippen molar-refractivity contribution >= 4 is 15.9 Å². The lowest BCUT2D eigenvalue weighted by atomic mass is 9.94. The molecule has 1 heterocycles. The molecule has 0 radical (unpaired) electrons. The minimum absolute atomic E-state index is 0.146. The Labute approximate surface area is 174 Å². The molecule has 1 saturated heterocycles. The number of nitrogens with one attached hydrogen (secondary N) is 1. The molecule has 0 aliphatic carbocycles. The van der Waals surface area contributed by atoms with Gasteiger partial charge in [0.2, 0.25) is 10.0 Å². The molecule has 5 nitrogen and oxygen atoms in total. The first kappa shape index (κ1) is 21.5. The van der Waals surface area contributed by atoms with E-state index in [4.69, 9.17) is 0 Å². The second kappa shape index (κ2) is 9.09. The average molecular weight is 415 g/mol. The maximum absolute atomic E-state index is 12.9. The summed E-state index contributed by atoms with van der Waals surface area (Å²) in [5.41, 5.74) is 2.66. The maximum Gasteiger partial charge on any atom is 0.251 e. The van der Waals surface area contributed by atoms with Crippen molar-refractivity contribution in [3.8, 4) is 0 Å². The largest absolute Gasteiger partial charge is 0.345 e. The van der Waals surface area contributed by atoms with Crippen LogP contribution in [0.15, 0.2) is 53.4 Å². The van der Waals surface area contributed by atoms with Gasteiger partial charge < -0.3 is 5.32 Å². The zero-order valence-electron chi connectivity index (χ0n) is 17.4. The van der Waals surface area contributed by atoms with Crippen molar-refractivity contribution < 1.29 is 13.2 Å². The van der Waals surface area contributed by atoms with Crippen molar-refractivity contribution in [1.29, 1.82) is 0 Å². The summed E-state index contributed by atoms with van der Waals surface area (Å²) < 4.78 is 27.1. The molecule has 0 aromatic heterocycles. The Balaban J connectivity index is 1.81. The van der Waals surface area contributed by atoms with Gasteiger partial charge in [-0.2, -0.15) is 4.31 Å². The predicted octanol–water partition coefficient (Wildman–Crippen LogP) is 4.16. The minimum Gasteiger partial charge on any atom is -0.345 e.